The highest BCUT2D eigenvalue weighted by Gasteiger charge is 2.37. The Labute approximate surface area is 49.3 Å². The number of rotatable bonds is 0. The maximum Gasteiger partial charge on any atom is 0.450 e. The summed E-state index contributed by atoms with van der Waals surface area (Å²) in [7, 11) is 0. The number of hydrogen-bond acceptors (Lipinski definition) is 1. The minimum atomic E-state index is -4.38. The Kier molecular flexibility index (Phi) is 1.27. The van der Waals surface area contributed by atoms with Crippen LogP contribution in [0.4, 0.5) is 13.2 Å². The summed E-state index contributed by atoms with van der Waals surface area (Å²) in [5, 5.41) is 3.23. The van der Waals surface area contributed by atoms with Gasteiger partial charge in [0.1, 0.15) is 0 Å². The summed E-state index contributed by atoms with van der Waals surface area (Å²) in [4.78, 5) is 0. The molecule has 0 amide bonds. The summed E-state index contributed by atoms with van der Waals surface area (Å²) in [6.45, 7) is -0.213. The molecule has 0 spiro atoms. The van der Waals surface area contributed by atoms with Gasteiger partial charge in [0.15, 0.2) is 6.73 Å². The fraction of sp³-hybridized carbons (Fsp3) is 0.500. The highest BCUT2D eigenvalue weighted by molar-refractivity contribution is 5.01. The zero-order valence-electron chi connectivity index (χ0n) is 4.27. The SMILES string of the molecule is FC(F)(F)C1=C[N]CO1. The summed E-state index contributed by atoms with van der Waals surface area (Å²) in [5.74, 6) is -1.01. The minimum Gasteiger partial charge on any atom is -0.465 e. The van der Waals surface area contributed by atoms with E-state index in [2.05, 4.69) is 10.1 Å². The standard InChI is InChI=1S/C4H3F3NO/c5-4(6,7)3-1-8-2-9-3/h1H,2H2. The lowest BCUT2D eigenvalue weighted by molar-refractivity contribution is -0.126. The first kappa shape index (κ1) is 6.25. The second kappa shape index (κ2) is 1.82. The number of ether oxygens (including phenoxy) is 1. The molecule has 2 nitrogen and oxygen atoms in total. The van der Waals surface area contributed by atoms with E-state index in [-0.39, 0.29) is 6.73 Å². The third-order valence-corrected chi connectivity index (χ3v) is 0.783. The minimum absolute atomic E-state index is 0.213. The molecule has 0 aromatic rings. The lowest BCUT2D eigenvalue weighted by atomic mass is 10.5. The molecule has 0 unspecified atom stereocenters. The second-order valence-electron chi connectivity index (χ2n) is 1.45. The van der Waals surface area contributed by atoms with Gasteiger partial charge in [-0.15, -0.1) is 0 Å². The Balaban J connectivity index is 2.61. The van der Waals surface area contributed by atoms with Gasteiger partial charge in [0.2, 0.25) is 5.76 Å². The Morgan fingerprint density at radius 3 is 2.44 bits per heavy atom. The highest BCUT2D eigenvalue weighted by Crippen LogP contribution is 2.27. The van der Waals surface area contributed by atoms with E-state index in [1.807, 2.05) is 0 Å². The van der Waals surface area contributed by atoms with Crippen LogP contribution in [-0.4, -0.2) is 12.9 Å². The molecule has 0 N–H and O–H groups in total. The summed E-state index contributed by atoms with van der Waals surface area (Å²) in [5.41, 5.74) is 0. The van der Waals surface area contributed by atoms with Gasteiger partial charge in [0, 0.05) is 0 Å². The van der Waals surface area contributed by atoms with Gasteiger partial charge in [-0.05, 0) is 0 Å². The molecule has 0 aromatic heterocycles. The molecule has 9 heavy (non-hydrogen) atoms. The van der Waals surface area contributed by atoms with Gasteiger partial charge in [-0.3, -0.25) is 0 Å². The first-order valence-corrected chi connectivity index (χ1v) is 2.17. The van der Waals surface area contributed by atoms with E-state index in [9.17, 15) is 13.2 Å². The summed E-state index contributed by atoms with van der Waals surface area (Å²) in [6.07, 6.45) is -3.69. The van der Waals surface area contributed by atoms with E-state index >= 15 is 0 Å². The van der Waals surface area contributed by atoms with Gasteiger partial charge >= 0.3 is 6.18 Å². The van der Waals surface area contributed by atoms with Crippen molar-refractivity contribution in [2.24, 2.45) is 0 Å². The Bertz CT molecular complexity index is 139. The lowest BCUT2D eigenvalue weighted by Gasteiger charge is -2.04. The molecule has 0 atom stereocenters. The first-order chi connectivity index (χ1) is 4.11. The van der Waals surface area contributed by atoms with Gasteiger partial charge in [-0.25, -0.2) is 5.32 Å². The molecule has 0 bridgehead atoms. The topological polar surface area (TPSA) is 23.3 Å². The van der Waals surface area contributed by atoms with Crippen molar-refractivity contribution in [3.63, 3.8) is 0 Å². The summed E-state index contributed by atoms with van der Waals surface area (Å²) in [6, 6.07) is 0. The molecule has 1 radical (unpaired) electrons. The predicted octanol–water partition coefficient (Wildman–Crippen LogP) is 0.982. The molecule has 0 saturated heterocycles. The lowest BCUT2D eigenvalue weighted by Crippen LogP contribution is -2.11. The van der Waals surface area contributed by atoms with Gasteiger partial charge in [0.25, 0.3) is 0 Å². The van der Waals surface area contributed by atoms with Crippen molar-refractivity contribution < 1.29 is 17.9 Å². The molecule has 5 heteroatoms. The monoisotopic (exact) mass is 138 g/mol. The summed E-state index contributed by atoms with van der Waals surface area (Å²) >= 11 is 0. The average Bonchev–Trinajstić information content (AvgIpc) is 2.08. The van der Waals surface area contributed by atoms with Crippen LogP contribution in [0.1, 0.15) is 0 Å². The van der Waals surface area contributed by atoms with Crippen molar-refractivity contribution in [2.45, 2.75) is 6.18 Å². The van der Waals surface area contributed by atoms with Crippen LogP contribution in [-0.2, 0) is 4.74 Å². The largest absolute Gasteiger partial charge is 0.465 e. The van der Waals surface area contributed by atoms with E-state index in [1.54, 1.807) is 0 Å². The van der Waals surface area contributed by atoms with Gasteiger partial charge < -0.3 is 4.74 Å². The van der Waals surface area contributed by atoms with Gasteiger partial charge in [0.05, 0.1) is 6.20 Å². The van der Waals surface area contributed by atoms with E-state index in [0.29, 0.717) is 6.20 Å². The highest BCUT2D eigenvalue weighted by atomic mass is 19.4. The molecule has 0 aliphatic carbocycles. The van der Waals surface area contributed by atoms with Crippen LogP contribution < -0.4 is 5.32 Å². The maximum absolute atomic E-state index is 11.5. The number of alkyl halides is 3. The van der Waals surface area contributed by atoms with Crippen molar-refractivity contribution >= 4 is 0 Å². The van der Waals surface area contributed by atoms with Gasteiger partial charge in [-0.2, -0.15) is 13.2 Å². The molecule has 0 fully saturated rings. The smallest absolute Gasteiger partial charge is 0.450 e. The van der Waals surface area contributed by atoms with Crippen LogP contribution in [0.15, 0.2) is 12.0 Å². The third kappa shape index (κ3) is 1.28. The molecular formula is C4H3F3NO. The van der Waals surface area contributed by atoms with Crippen molar-refractivity contribution in [1.82, 2.24) is 5.32 Å². The Morgan fingerprint density at radius 1 is 1.56 bits per heavy atom. The number of halogens is 3. The van der Waals surface area contributed by atoms with Crippen LogP contribution >= 0.6 is 0 Å². The molecule has 1 rings (SSSR count). The maximum atomic E-state index is 11.5. The Hall–Kier alpha value is -0.870. The van der Waals surface area contributed by atoms with E-state index in [1.165, 1.54) is 0 Å². The Morgan fingerprint density at radius 2 is 2.22 bits per heavy atom. The van der Waals surface area contributed by atoms with E-state index in [0.717, 1.165) is 0 Å². The molecule has 51 valence electrons. The van der Waals surface area contributed by atoms with E-state index < -0.39 is 11.9 Å². The molecule has 1 aliphatic heterocycles. The fourth-order valence-electron chi connectivity index (χ4n) is 0.419. The predicted molar refractivity (Wildman–Crippen MR) is 22.2 cm³/mol. The molecule has 1 heterocycles. The summed E-state index contributed by atoms with van der Waals surface area (Å²) < 4.78 is 38.6. The first-order valence-electron chi connectivity index (χ1n) is 2.17. The molecular weight excluding hydrogens is 135 g/mol. The van der Waals surface area contributed by atoms with Crippen LogP contribution in [0, 0.1) is 0 Å². The van der Waals surface area contributed by atoms with Crippen LogP contribution in [0.2, 0.25) is 0 Å². The van der Waals surface area contributed by atoms with E-state index in [4.69, 9.17) is 0 Å². The van der Waals surface area contributed by atoms with Crippen molar-refractivity contribution in [3.8, 4) is 0 Å². The number of nitrogens with zero attached hydrogens (tertiary/aromatic N) is 1. The molecule has 1 aliphatic rings. The second-order valence-corrected chi connectivity index (χ2v) is 1.45. The third-order valence-electron chi connectivity index (χ3n) is 0.783. The van der Waals surface area contributed by atoms with Crippen molar-refractivity contribution in [2.75, 3.05) is 6.73 Å². The number of allylic oxidation sites excluding steroid dienone is 1. The van der Waals surface area contributed by atoms with Crippen molar-refractivity contribution in [3.05, 3.63) is 12.0 Å². The number of hydrogen-bond donors (Lipinski definition) is 0. The average molecular weight is 138 g/mol. The van der Waals surface area contributed by atoms with Gasteiger partial charge in [-0.1, -0.05) is 0 Å². The molecule has 0 aromatic carbocycles. The quantitative estimate of drug-likeness (QED) is 0.489. The van der Waals surface area contributed by atoms with Crippen LogP contribution in [0.25, 0.3) is 0 Å². The normalized spacial score (nSPS) is 18.3. The van der Waals surface area contributed by atoms with Crippen molar-refractivity contribution in [1.29, 1.82) is 0 Å². The fourth-order valence-corrected chi connectivity index (χ4v) is 0.419. The van der Waals surface area contributed by atoms with Crippen LogP contribution in [0.3, 0.4) is 0 Å². The zero-order valence-corrected chi connectivity index (χ0v) is 4.27. The van der Waals surface area contributed by atoms with Crippen LogP contribution in [0.5, 0.6) is 0 Å². The molecule has 0 saturated carbocycles. The zero-order chi connectivity index (χ0) is 6.91.